The van der Waals surface area contributed by atoms with Crippen LogP contribution < -0.4 is 15.0 Å². The highest BCUT2D eigenvalue weighted by molar-refractivity contribution is 6.06. The molecule has 1 aromatic carbocycles. The number of aromatic nitrogens is 1. The largest absolute Gasteiger partial charge is 0.477 e. The van der Waals surface area contributed by atoms with Crippen LogP contribution in [-0.2, 0) is 14.3 Å². The number of amides is 2. The summed E-state index contributed by atoms with van der Waals surface area (Å²) in [5.41, 5.74) is 0.341. The fourth-order valence-corrected chi connectivity index (χ4v) is 2.55. The van der Waals surface area contributed by atoms with Gasteiger partial charge in [-0.25, -0.2) is 4.79 Å². The molecule has 11 heteroatoms. The second-order valence-corrected chi connectivity index (χ2v) is 5.60. The third kappa shape index (κ3) is 3.72. The van der Waals surface area contributed by atoms with Crippen molar-refractivity contribution in [3.63, 3.8) is 0 Å². The maximum Gasteiger partial charge on any atom is 0.366 e. The molecule has 0 atom stereocenters. The van der Waals surface area contributed by atoms with E-state index in [1.165, 1.54) is 25.3 Å². The zero-order valence-corrected chi connectivity index (χ0v) is 14.6. The number of methoxy groups -OCH3 is 1. The van der Waals surface area contributed by atoms with Gasteiger partial charge in [-0.15, -0.1) is 0 Å². The van der Waals surface area contributed by atoms with E-state index in [0.717, 1.165) is 11.0 Å². The third-order valence-electron chi connectivity index (χ3n) is 3.83. The lowest BCUT2D eigenvalue weighted by Gasteiger charge is -2.24. The number of hydrogen-bond acceptors (Lipinski definition) is 8. The van der Waals surface area contributed by atoms with E-state index < -0.39 is 35.1 Å². The molecule has 0 spiro atoms. The lowest BCUT2D eigenvalue weighted by molar-refractivity contribution is -0.389. The van der Waals surface area contributed by atoms with Gasteiger partial charge in [-0.1, -0.05) is 12.1 Å². The molecule has 2 amide bonds. The highest BCUT2D eigenvalue weighted by Crippen LogP contribution is 2.31. The van der Waals surface area contributed by atoms with E-state index in [4.69, 9.17) is 4.74 Å². The number of carbonyl (C=O) groups excluding carboxylic acids is 3. The smallest absolute Gasteiger partial charge is 0.366 e. The van der Waals surface area contributed by atoms with Gasteiger partial charge in [0, 0.05) is 6.07 Å². The van der Waals surface area contributed by atoms with Gasteiger partial charge in [0.15, 0.2) is 12.4 Å². The number of nitrogens with one attached hydrogen (secondary N) is 1. The second-order valence-electron chi connectivity index (χ2n) is 5.60. The van der Waals surface area contributed by atoms with Gasteiger partial charge in [0.2, 0.25) is 5.91 Å². The van der Waals surface area contributed by atoms with Crippen molar-refractivity contribution in [2.45, 2.75) is 0 Å². The molecule has 1 aromatic heterocycles. The van der Waals surface area contributed by atoms with Crippen molar-refractivity contribution in [1.82, 2.24) is 4.98 Å². The Bertz CT molecular complexity index is 976. The quantitative estimate of drug-likeness (QED) is 0.458. The summed E-state index contributed by atoms with van der Waals surface area (Å²) >= 11 is 0. The number of hydrogen-bond donors (Lipinski definition) is 1. The number of ether oxygens (including phenoxy) is 2. The Kier molecular flexibility index (Phi) is 5.16. The molecule has 0 saturated heterocycles. The number of benzene rings is 1. The first-order chi connectivity index (χ1) is 13.4. The first kappa shape index (κ1) is 18.8. The molecule has 0 saturated carbocycles. The first-order valence-electron chi connectivity index (χ1n) is 7.96. The summed E-state index contributed by atoms with van der Waals surface area (Å²) < 4.78 is 9.86. The number of carbonyl (C=O) groups is 3. The van der Waals surface area contributed by atoms with Crippen LogP contribution in [0.15, 0.2) is 36.4 Å². The molecule has 1 aliphatic heterocycles. The molecule has 0 bridgehead atoms. The van der Waals surface area contributed by atoms with E-state index >= 15 is 0 Å². The normalized spacial score (nSPS) is 12.6. The number of nitrogens with zero attached hydrogens (tertiary/aromatic N) is 3. The van der Waals surface area contributed by atoms with Gasteiger partial charge >= 0.3 is 11.8 Å². The zero-order valence-electron chi connectivity index (χ0n) is 14.6. The highest BCUT2D eigenvalue weighted by atomic mass is 16.6. The van der Waals surface area contributed by atoms with Gasteiger partial charge in [-0.05, 0) is 28.1 Å². The van der Waals surface area contributed by atoms with Crippen molar-refractivity contribution in [1.29, 1.82) is 0 Å². The fraction of sp³-hybridized carbons (Fsp3) is 0.176. The Balaban J connectivity index is 1.84. The Morgan fingerprint density at radius 2 is 2.07 bits per heavy atom. The Hall–Kier alpha value is -4.02. The monoisotopic (exact) mass is 386 g/mol. The minimum absolute atomic E-state index is 0.123. The van der Waals surface area contributed by atoms with E-state index in [-0.39, 0.29) is 29.4 Å². The molecule has 28 heavy (non-hydrogen) atoms. The lowest BCUT2D eigenvalue weighted by Crippen LogP contribution is -2.44. The molecular formula is C17H14N4O7. The van der Waals surface area contributed by atoms with E-state index in [1.807, 2.05) is 0 Å². The summed E-state index contributed by atoms with van der Waals surface area (Å²) in [5.74, 6) is -2.32. The highest BCUT2D eigenvalue weighted by Gasteiger charge is 2.33. The molecule has 2 heterocycles. The third-order valence-corrected chi connectivity index (χ3v) is 3.83. The van der Waals surface area contributed by atoms with Crippen molar-refractivity contribution in [3.05, 3.63) is 52.1 Å². The molecule has 0 unspecified atom stereocenters. The minimum Gasteiger partial charge on any atom is -0.477 e. The maximum atomic E-state index is 12.5. The van der Waals surface area contributed by atoms with Crippen LogP contribution in [-0.4, -0.2) is 48.0 Å². The summed E-state index contributed by atoms with van der Waals surface area (Å²) in [6.45, 7) is -0.808. The van der Waals surface area contributed by atoms with E-state index in [9.17, 15) is 24.5 Å². The molecule has 0 aliphatic carbocycles. The van der Waals surface area contributed by atoms with Crippen LogP contribution in [0.5, 0.6) is 5.75 Å². The molecule has 2 aromatic rings. The maximum absolute atomic E-state index is 12.5. The van der Waals surface area contributed by atoms with Crippen LogP contribution in [0.3, 0.4) is 0 Å². The average Bonchev–Trinajstić information content (AvgIpc) is 2.69. The van der Waals surface area contributed by atoms with Crippen LogP contribution in [0.4, 0.5) is 17.3 Å². The predicted octanol–water partition coefficient (Wildman–Crippen LogP) is 1.14. The molecule has 0 fully saturated rings. The molecule has 1 N–H and O–H groups in total. The lowest BCUT2D eigenvalue weighted by atomic mass is 10.2. The van der Waals surface area contributed by atoms with Crippen LogP contribution in [0, 0.1) is 10.1 Å². The summed E-state index contributed by atoms with van der Waals surface area (Å²) in [7, 11) is 1.21. The zero-order chi connectivity index (χ0) is 20.3. The van der Waals surface area contributed by atoms with Gasteiger partial charge in [0.1, 0.15) is 6.54 Å². The van der Waals surface area contributed by atoms with Crippen molar-refractivity contribution < 1.29 is 28.8 Å². The number of anilines is 2. The molecule has 3 rings (SSSR count). The Morgan fingerprint density at radius 3 is 2.79 bits per heavy atom. The number of pyridine rings is 1. The first-order valence-corrected chi connectivity index (χ1v) is 7.96. The van der Waals surface area contributed by atoms with Crippen LogP contribution in [0.1, 0.15) is 10.4 Å². The summed E-state index contributed by atoms with van der Waals surface area (Å²) in [6, 6.07) is 8.64. The van der Waals surface area contributed by atoms with Gasteiger partial charge in [-0.3, -0.25) is 14.5 Å². The van der Waals surface area contributed by atoms with E-state index in [0.29, 0.717) is 0 Å². The Labute approximate surface area is 158 Å². The molecule has 11 nitrogen and oxygen atoms in total. The molecular weight excluding hydrogens is 372 g/mol. The minimum atomic E-state index is -0.718. The fourth-order valence-electron chi connectivity index (χ4n) is 2.55. The van der Waals surface area contributed by atoms with Crippen LogP contribution >= 0.6 is 0 Å². The van der Waals surface area contributed by atoms with Gasteiger partial charge in [0.05, 0.1) is 18.4 Å². The number of rotatable bonds is 5. The summed E-state index contributed by atoms with van der Waals surface area (Å²) in [4.78, 5) is 51.4. The van der Waals surface area contributed by atoms with Crippen molar-refractivity contribution in [2.24, 2.45) is 0 Å². The topological polar surface area (TPSA) is 141 Å². The van der Waals surface area contributed by atoms with Gasteiger partial charge in [-0.2, -0.15) is 0 Å². The summed E-state index contributed by atoms with van der Waals surface area (Å²) in [6.07, 6.45) is 0. The SMILES string of the molecule is COC(=O)c1ccccc1NC(=O)CN1C(=O)COc2ccc([N+](=O)[O-])nc21. The van der Waals surface area contributed by atoms with Crippen molar-refractivity contribution in [3.8, 4) is 5.75 Å². The average molecular weight is 386 g/mol. The van der Waals surface area contributed by atoms with Crippen LogP contribution in [0.2, 0.25) is 0 Å². The second kappa shape index (κ2) is 7.70. The van der Waals surface area contributed by atoms with Crippen molar-refractivity contribution >= 4 is 35.1 Å². The summed E-state index contributed by atoms with van der Waals surface area (Å²) in [5, 5.41) is 13.5. The number of esters is 1. The van der Waals surface area contributed by atoms with Crippen LogP contribution in [0.25, 0.3) is 0 Å². The molecule has 0 radical (unpaired) electrons. The van der Waals surface area contributed by atoms with Gasteiger partial charge < -0.3 is 24.9 Å². The Morgan fingerprint density at radius 1 is 1.32 bits per heavy atom. The van der Waals surface area contributed by atoms with E-state index in [2.05, 4.69) is 15.0 Å². The van der Waals surface area contributed by atoms with Crippen molar-refractivity contribution in [2.75, 3.05) is 30.5 Å². The van der Waals surface area contributed by atoms with Gasteiger partial charge in [0.25, 0.3) is 11.7 Å². The molecule has 1 aliphatic rings. The van der Waals surface area contributed by atoms with E-state index in [1.54, 1.807) is 12.1 Å². The predicted molar refractivity (Wildman–Crippen MR) is 95.2 cm³/mol. The standard InChI is InChI=1S/C17H14N4O7/c1-27-17(24)10-4-2-3-5-11(10)18-14(22)8-20-15(23)9-28-12-6-7-13(21(25)26)19-16(12)20/h2-7H,8-9H2,1H3,(H,18,22). The number of para-hydroxylation sites is 1. The molecule has 144 valence electrons. The number of nitro groups is 1. The number of fused-ring (bicyclic) bond motifs is 1.